The molecular weight excluding hydrogens is 192 g/mol. The second-order valence-electron chi connectivity index (χ2n) is 3.25. The third-order valence-corrected chi connectivity index (χ3v) is 1.47. The van der Waals surface area contributed by atoms with Crippen molar-refractivity contribution in [1.29, 1.82) is 0 Å². The first-order valence-corrected chi connectivity index (χ1v) is 4.06. The summed E-state index contributed by atoms with van der Waals surface area (Å²) >= 11 is 0. The summed E-state index contributed by atoms with van der Waals surface area (Å²) in [4.78, 5) is 21.5. The number of carbonyl (C=O) groups excluding carboxylic acids is 2. The molecule has 0 aromatic heterocycles. The van der Waals surface area contributed by atoms with Crippen LogP contribution < -0.4 is 0 Å². The Morgan fingerprint density at radius 1 is 1.50 bits per heavy atom. The SMILES string of the molecule is CC(O)CC(C)(O)C(=O)OC(=O)CO. The number of hydrogen-bond donors (Lipinski definition) is 3. The van der Waals surface area contributed by atoms with E-state index in [1.807, 2.05) is 0 Å². The van der Waals surface area contributed by atoms with E-state index in [1.54, 1.807) is 0 Å². The van der Waals surface area contributed by atoms with E-state index in [2.05, 4.69) is 4.74 Å². The molecule has 6 nitrogen and oxygen atoms in total. The lowest BCUT2D eigenvalue weighted by atomic mass is 10.00. The Morgan fingerprint density at radius 3 is 2.36 bits per heavy atom. The lowest BCUT2D eigenvalue weighted by molar-refractivity contribution is -0.176. The average Bonchev–Trinajstić information content (AvgIpc) is 2.01. The predicted molar refractivity (Wildman–Crippen MR) is 45.1 cm³/mol. The van der Waals surface area contributed by atoms with Crippen LogP contribution in [-0.4, -0.2) is 45.6 Å². The van der Waals surface area contributed by atoms with E-state index in [9.17, 15) is 14.7 Å². The van der Waals surface area contributed by atoms with E-state index >= 15 is 0 Å². The highest BCUT2D eigenvalue weighted by atomic mass is 16.6. The molecule has 0 saturated carbocycles. The van der Waals surface area contributed by atoms with Gasteiger partial charge in [0.15, 0.2) is 5.60 Å². The van der Waals surface area contributed by atoms with Crippen molar-refractivity contribution < 1.29 is 29.6 Å². The van der Waals surface area contributed by atoms with E-state index in [4.69, 9.17) is 10.2 Å². The lowest BCUT2D eigenvalue weighted by Gasteiger charge is -2.21. The summed E-state index contributed by atoms with van der Waals surface area (Å²) in [6.45, 7) is 1.57. The fourth-order valence-corrected chi connectivity index (χ4v) is 0.904. The molecule has 0 amide bonds. The van der Waals surface area contributed by atoms with Crippen molar-refractivity contribution in [2.24, 2.45) is 0 Å². The van der Waals surface area contributed by atoms with Gasteiger partial charge >= 0.3 is 11.9 Å². The minimum atomic E-state index is -1.93. The molecule has 0 bridgehead atoms. The van der Waals surface area contributed by atoms with Crippen LogP contribution in [0.15, 0.2) is 0 Å². The van der Waals surface area contributed by atoms with Crippen LogP contribution in [0, 0.1) is 0 Å². The summed E-state index contributed by atoms with van der Waals surface area (Å²) in [5, 5.41) is 26.6. The molecule has 0 aliphatic carbocycles. The van der Waals surface area contributed by atoms with Crippen LogP contribution >= 0.6 is 0 Å². The smallest absolute Gasteiger partial charge is 0.345 e. The van der Waals surface area contributed by atoms with Crippen LogP contribution in [0.4, 0.5) is 0 Å². The summed E-state index contributed by atoms with van der Waals surface area (Å²) in [5.74, 6) is -2.32. The Kier molecular flexibility index (Phi) is 4.69. The van der Waals surface area contributed by atoms with Crippen molar-refractivity contribution in [2.75, 3.05) is 6.61 Å². The molecule has 0 rings (SSSR count). The van der Waals surface area contributed by atoms with Gasteiger partial charge in [-0.3, -0.25) is 0 Å². The molecule has 0 radical (unpaired) electrons. The fraction of sp³-hybridized carbons (Fsp3) is 0.750. The number of aliphatic hydroxyl groups is 3. The normalized spacial score (nSPS) is 16.9. The number of ether oxygens (including phenoxy) is 1. The zero-order valence-electron chi connectivity index (χ0n) is 8.06. The number of aliphatic hydroxyl groups excluding tert-OH is 2. The molecule has 0 fully saturated rings. The largest absolute Gasteiger partial charge is 0.393 e. The summed E-state index contributed by atoms with van der Waals surface area (Å²) in [7, 11) is 0. The molecule has 14 heavy (non-hydrogen) atoms. The fourth-order valence-electron chi connectivity index (χ4n) is 0.904. The Morgan fingerprint density at radius 2 is 2.00 bits per heavy atom. The van der Waals surface area contributed by atoms with Gasteiger partial charge in [0.05, 0.1) is 6.10 Å². The molecule has 0 aromatic rings. The predicted octanol–water partition coefficient (Wildman–Crippen LogP) is -1.43. The van der Waals surface area contributed by atoms with Gasteiger partial charge in [0.1, 0.15) is 6.61 Å². The molecule has 0 aliphatic heterocycles. The maximum atomic E-state index is 11.1. The first kappa shape index (κ1) is 13.0. The zero-order chi connectivity index (χ0) is 11.4. The third kappa shape index (κ3) is 4.31. The van der Waals surface area contributed by atoms with Crippen LogP contribution in [0.25, 0.3) is 0 Å². The summed E-state index contributed by atoms with van der Waals surface area (Å²) < 4.78 is 4.08. The number of hydrogen-bond acceptors (Lipinski definition) is 6. The van der Waals surface area contributed by atoms with E-state index in [-0.39, 0.29) is 6.42 Å². The van der Waals surface area contributed by atoms with Gasteiger partial charge in [-0.25, -0.2) is 9.59 Å². The van der Waals surface area contributed by atoms with Crippen molar-refractivity contribution in [3.8, 4) is 0 Å². The monoisotopic (exact) mass is 206 g/mol. The lowest BCUT2D eigenvalue weighted by Crippen LogP contribution is -2.41. The molecule has 2 atom stereocenters. The number of carbonyl (C=O) groups is 2. The van der Waals surface area contributed by atoms with Gasteiger partial charge in [-0.1, -0.05) is 0 Å². The van der Waals surface area contributed by atoms with E-state index < -0.39 is 30.3 Å². The molecule has 6 heteroatoms. The van der Waals surface area contributed by atoms with Gasteiger partial charge < -0.3 is 20.1 Å². The highest BCUT2D eigenvalue weighted by molar-refractivity contribution is 5.90. The highest BCUT2D eigenvalue weighted by Gasteiger charge is 2.34. The second-order valence-corrected chi connectivity index (χ2v) is 3.25. The molecule has 0 heterocycles. The standard InChI is InChI=1S/C8H14O6/c1-5(10)3-8(2,13)7(12)14-6(11)4-9/h5,9-10,13H,3-4H2,1-2H3. The number of rotatable bonds is 4. The Hall–Kier alpha value is -0.980. The molecule has 0 spiro atoms. The van der Waals surface area contributed by atoms with Gasteiger partial charge in [-0.2, -0.15) is 0 Å². The van der Waals surface area contributed by atoms with Crippen LogP contribution in [-0.2, 0) is 14.3 Å². The molecular formula is C8H14O6. The maximum Gasteiger partial charge on any atom is 0.345 e. The summed E-state index contributed by atoms with van der Waals surface area (Å²) in [6.07, 6.45) is -1.15. The minimum Gasteiger partial charge on any atom is -0.393 e. The van der Waals surface area contributed by atoms with Crippen molar-refractivity contribution in [3.63, 3.8) is 0 Å². The summed E-state index contributed by atoms with van der Waals surface area (Å²) in [5.41, 5.74) is -1.93. The quantitative estimate of drug-likeness (QED) is 0.385. The molecule has 0 aromatic carbocycles. The molecule has 3 N–H and O–H groups in total. The number of esters is 2. The van der Waals surface area contributed by atoms with Gasteiger partial charge in [0, 0.05) is 6.42 Å². The maximum absolute atomic E-state index is 11.1. The highest BCUT2D eigenvalue weighted by Crippen LogP contribution is 2.14. The van der Waals surface area contributed by atoms with Crippen molar-refractivity contribution in [1.82, 2.24) is 0 Å². The van der Waals surface area contributed by atoms with E-state index in [0.717, 1.165) is 6.92 Å². The van der Waals surface area contributed by atoms with Crippen molar-refractivity contribution >= 4 is 11.9 Å². The van der Waals surface area contributed by atoms with Crippen molar-refractivity contribution in [2.45, 2.75) is 32.0 Å². The minimum absolute atomic E-state index is 0.245. The van der Waals surface area contributed by atoms with E-state index in [0.29, 0.717) is 0 Å². The third-order valence-electron chi connectivity index (χ3n) is 1.47. The topological polar surface area (TPSA) is 104 Å². The Labute approximate surface area is 81.1 Å². The van der Waals surface area contributed by atoms with Gasteiger partial charge in [-0.05, 0) is 13.8 Å². The average molecular weight is 206 g/mol. The molecule has 0 aliphatic rings. The van der Waals surface area contributed by atoms with Gasteiger partial charge in [0.2, 0.25) is 0 Å². The van der Waals surface area contributed by atoms with Gasteiger partial charge in [0.25, 0.3) is 0 Å². The van der Waals surface area contributed by atoms with Crippen LogP contribution in [0.5, 0.6) is 0 Å². The van der Waals surface area contributed by atoms with Crippen LogP contribution in [0.1, 0.15) is 20.3 Å². The molecule has 82 valence electrons. The van der Waals surface area contributed by atoms with Crippen LogP contribution in [0.2, 0.25) is 0 Å². The molecule has 2 unspecified atom stereocenters. The Bertz CT molecular complexity index is 220. The van der Waals surface area contributed by atoms with Crippen molar-refractivity contribution in [3.05, 3.63) is 0 Å². The summed E-state index contributed by atoms with van der Waals surface area (Å²) in [6, 6.07) is 0. The second kappa shape index (κ2) is 5.04. The van der Waals surface area contributed by atoms with Gasteiger partial charge in [-0.15, -0.1) is 0 Å². The van der Waals surface area contributed by atoms with Crippen LogP contribution in [0.3, 0.4) is 0 Å². The zero-order valence-corrected chi connectivity index (χ0v) is 8.06. The Balaban J connectivity index is 4.28. The first-order valence-electron chi connectivity index (χ1n) is 4.06. The molecule has 0 saturated heterocycles. The first-order chi connectivity index (χ1) is 6.29. The van der Waals surface area contributed by atoms with E-state index in [1.165, 1.54) is 6.92 Å².